The fourth-order valence-corrected chi connectivity index (χ4v) is 20.3. The molecule has 0 spiro atoms. The van der Waals surface area contributed by atoms with Crippen LogP contribution in [0.15, 0.2) is 191 Å². The number of nitrogens with zero attached hydrogens (tertiary/aromatic N) is 2. The summed E-state index contributed by atoms with van der Waals surface area (Å²) in [6.45, 7) is 14.8. The number of rotatable bonds is 6. The summed E-state index contributed by atoms with van der Waals surface area (Å²) in [5.41, 5.74) is 18.3. The first-order chi connectivity index (χ1) is 32.1. The molecule has 4 heterocycles. The minimum absolute atomic E-state index is 0.910. The van der Waals surface area contributed by atoms with Gasteiger partial charge in [0.15, 0.2) is 0 Å². The third kappa shape index (κ3) is 5.31. The van der Waals surface area contributed by atoms with E-state index in [-0.39, 0.29) is 0 Å². The van der Waals surface area contributed by atoms with E-state index in [2.05, 4.69) is 232 Å². The molecule has 6 heteroatoms. The topological polar surface area (TPSA) is 32.8 Å². The van der Waals surface area contributed by atoms with E-state index in [1.807, 2.05) is 0 Å². The maximum atomic E-state index is 7.18. The Morgan fingerprint density at radius 2 is 0.742 bits per heavy atom. The van der Waals surface area contributed by atoms with Gasteiger partial charge in [0.2, 0.25) is 0 Å². The molecule has 0 bridgehead atoms. The number of fused-ring (bicyclic) bond motifs is 15. The summed E-state index contributed by atoms with van der Waals surface area (Å²) in [5.74, 6) is 0. The predicted molar refractivity (Wildman–Crippen MR) is 284 cm³/mol. The minimum Gasteiger partial charge on any atom is -0.455 e. The van der Waals surface area contributed by atoms with Crippen molar-refractivity contribution in [3.8, 4) is 22.3 Å². The molecule has 0 atom stereocenters. The van der Waals surface area contributed by atoms with Crippen LogP contribution >= 0.6 is 0 Å². The van der Waals surface area contributed by atoms with E-state index in [0.29, 0.717) is 0 Å². The van der Waals surface area contributed by atoms with E-state index < -0.39 is 16.1 Å². The Kier molecular flexibility index (Phi) is 8.31. The van der Waals surface area contributed by atoms with Gasteiger partial charge in [-0.2, -0.15) is 0 Å². The summed E-state index contributed by atoms with van der Waals surface area (Å²) in [7, 11) is -4.93. The standard InChI is InChI=1S/C60H48N2O2Si2/c1-37-21-13-17-29-45(37)61(39-23-9-7-10-24-39)47-35-51-55(57-53(47)41-27-15-19-31-49(41)63-57)43-33-34-44-56-52(66(5,6)60(44)59(43)65(51,3)4)36-48(54-42-28-16-20-32-50(42)64-58(54)56)62(40-25-11-8-12-26-40)46-30-18-14-22-38(46)2/h7-36H,1-6H3. The van der Waals surface area contributed by atoms with Gasteiger partial charge < -0.3 is 18.6 Å². The average Bonchev–Trinajstić information content (AvgIpc) is 4.04. The maximum absolute atomic E-state index is 7.18. The van der Waals surface area contributed by atoms with Crippen molar-refractivity contribution in [1.82, 2.24) is 0 Å². The van der Waals surface area contributed by atoms with Crippen molar-refractivity contribution in [2.75, 3.05) is 9.80 Å². The zero-order chi connectivity index (χ0) is 44.6. The molecule has 2 aliphatic heterocycles. The molecular weight excluding hydrogens is 837 g/mol. The molecule has 0 saturated heterocycles. The van der Waals surface area contributed by atoms with Crippen LogP contribution in [0.1, 0.15) is 11.1 Å². The molecule has 0 radical (unpaired) electrons. The van der Waals surface area contributed by atoms with Gasteiger partial charge in [-0.15, -0.1) is 0 Å². The van der Waals surface area contributed by atoms with Crippen LogP contribution in [-0.4, -0.2) is 16.1 Å². The molecule has 0 fully saturated rings. The first-order valence-corrected chi connectivity index (χ1v) is 29.1. The third-order valence-electron chi connectivity index (χ3n) is 14.8. The van der Waals surface area contributed by atoms with Gasteiger partial charge in [0.1, 0.15) is 38.5 Å². The minimum atomic E-state index is -2.47. The summed E-state index contributed by atoms with van der Waals surface area (Å²) in [6.07, 6.45) is 0. The van der Waals surface area contributed by atoms with Gasteiger partial charge in [-0.05, 0) is 118 Å². The molecular formula is C60H48N2O2Si2. The lowest BCUT2D eigenvalue weighted by atomic mass is 9.96. The normalized spacial score (nSPS) is 14.2. The smallest absolute Gasteiger partial charge is 0.145 e. The van der Waals surface area contributed by atoms with Crippen molar-refractivity contribution in [2.45, 2.75) is 40.0 Å². The molecule has 11 aromatic rings. The van der Waals surface area contributed by atoms with Crippen LogP contribution in [0.5, 0.6) is 0 Å². The molecule has 0 unspecified atom stereocenters. The van der Waals surface area contributed by atoms with Gasteiger partial charge in [-0.1, -0.05) is 148 Å². The molecule has 0 amide bonds. The van der Waals surface area contributed by atoms with E-state index >= 15 is 0 Å². The Morgan fingerprint density at radius 1 is 0.379 bits per heavy atom. The lowest BCUT2D eigenvalue weighted by molar-refractivity contribution is 0.670. The maximum Gasteiger partial charge on any atom is 0.145 e. The highest BCUT2D eigenvalue weighted by Gasteiger charge is 2.50. The van der Waals surface area contributed by atoms with E-state index in [0.717, 1.165) is 78.0 Å². The van der Waals surface area contributed by atoms with Crippen LogP contribution in [0.25, 0.3) is 66.1 Å². The average molecular weight is 885 g/mol. The second-order valence-corrected chi connectivity index (χ2v) is 27.9. The Hall–Kier alpha value is -7.39. The Morgan fingerprint density at radius 3 is 1.15 bits per heavy atom. The van der Waals surface area contributed by atoms with Gasteiger partial charge in [-0.3, -0.25) is 0 Å². The van der Waals surface area contributed by atoms with Crippen molar-refractivity contribution in [3.63, 3.8) is 0 Å². The number of benzene rings is 9. The fourth-order valence-electron chi connectivity index (χ4n) is 11.8. The van der Waals surface area contributed by atoms with Crippen molar-refractivity contribution < 1.29 is 8.83 Å². The second kappa shape index (κ2) is 14.1. The van der Waals surface area contributed by atoms with Gasteiger partial charge in [0, 0.05) is 44.6 Å². The van der Waals surface area contributed by atoms with Crippen molar-refractivity contribution >= 4 is 115 Å². The molecule has 13 rings (SSSR count). The van der Waals surface area contributed by atoms with Crippen LogP contribution in [0.4, 0.5) is 34.1 Å². The van der Waals surface area contributed by atoms with Crippen molar-refractivity contribution in [1.29, 1.82) is 0 Å². The van der Waals surface area contributed by atoms with E-state index in [1.165, 1.54) is 43.8 Å². The number of hydrogen-bond acceptors (Lipinski definition) is 4. The van der Waals surface area contributed by atoms with Crippen LogP contribution in [0, 0.1) is 13.8 Å². The second-order valence-electron chi connectivity index (χ2n) is 19.3. The predicted octanol–water partition coefficient (Wildman–Crippen LogP) is 14.6. The van der Waals surface area contributed by atoms with Gasteiger partial charge >= 0.3 is 0 Å². The lowest BCUT2D eigenvalue weighted by Crippen LogP contribution is -2.63. The van der Waals surface area contributed by atoms with Crippen LogP contribution < -0.4 is 30.5 Å². The Bertz CT molecular complexity index is 3560. The lowest BCUT2D eigenvalue weighted by Gasteiger charge is -2.31. The summed E-state index contributed by atoms with van der Waals surface area (Å²) in [5, 5.41) is 10.5. The number of furan rings is 2. The largest absolute Gasteiger partial charge is 0.455 e. The first kappa shape index (κ1) is 39.0. The van der Waals surface area contributed by atoms with E-state index in [1.54, 1.807) is 10.4 Å². The molecule has 66 heavy (non-hydrogen) atoms. The molecule has 0 saturated carbocycles. The number of hydrogen-bond donors (Lipinski definition) is 0. The highest BCUT2D eigenvalue weighted by Crippen LogP contribution is 2.51. The van der Waals surface area contributed by atoms with Gasteiger partial charge in [-0.25, -0.2) is 0 Å². The van der Waals surface area contributed by atoms with Crippen LogP contribution in [-0.2, 0) is 0 Å². The Balaban J connectivity index is 1.10. The quantitative estimate of drug-likeness (QED) is 0.156. The summed E-state index contributed by atoms with van der Waals surface area (Å²) >= 11 is 0. The molecule has 9 aromatic carbocycles. The SMILES string of the molecule is Cc1ccccc1N(c1ccccc1)c1cc2c(c3oc4ccccc4c13)-c1ccc3c(c1[Si]2(C)C)[Si](C)(C)c1cc(N(c2ccccc2)c2ccccc2C)c2c(oc4ccccc42)c1-3. The molecule has 318 valence electrons. The van der Waals surface area contributed by atoms with Crippen molar-refractivity contribution in [3.05, 3.63) is 193 Å². The molecule has 0 N–H and O–H groups in total. The van der Waals surface area contributed by atoms with Gasteiger partial charge in [0.05, 0.1) is 22.1 Å². The zero-order valence-corrected chi connectivity index (χ0v) is 40.0. The summed E-state index contributed by atoms with van der Waals surface area (Å²) < 4.78 is 14.4. The molecule has 2 aromatic heterocycles. The molecule has 0 aliphatic carbocycles. The summed E-state index contributed by atoms with van der Waals surface area (Å²) in [6, 6.07) is 66.4. The third-order valence-corrected chi connectivity index (χ3v) is 22.1. The molecule has 4 nitrogen and oxygen atoms in total. The van der Waals surface area contributed by atoms with Crippen LogP contribution in [0.3, 0.4) is 0 Å². The fraction of sp³-hybridized carbons (Fsp3) is 0.100. The zero-order valence-electron chi connectivity index (χ0n) is 38.0. The van der Waals surface area contributed by atoms with Crippen molar-refractivity contribution in [2.24, 2.45) is 0 Å². The number of para-hydroxylation sites is 6. The van der Waals surface area contributed by atoms with Gasteiger partial charge in [0.25, 0.3) is 0 Å². The van der Waals surface area contributed by atoms with E-state index in [9.17, 15) is 0 Å². The Labute approximate surface area is 387 Å². The number of anilines is 6. The monoisotopic (exact) mass is 884 g/mol. The van der Waals surface area contributed by atoms with E-state index in [4.69, 9.17) is 8.83 Å². The van der Waals surface area contributed by atoms with Crippen LogP contribution in [0.2, 0.25) is 26.2 Å². The number of aryl methyl sites for hydroxylation is 2. The summed E-state index contributed by atoms with van der Waals surface area (Å²) in [4.78, 5) is 4.94. The highest BCUT2D eigenvalue weighted by atomic mass is 28.3. The molecule has 2 aliphatic rings. The highest BCUT2D eigenvalue weighted by molar-refractivity contribution is 7.13. The first-order valence-electron chi connectivity index (χ1n) is 23.1.